The number of carboxylic acids is 1. The second-order valence-electron chi connectivity index (χ2n) is 1.12. The molecule has 7 heavy (non-hydrogen) atoms. The Morgan fingerprint density at radius 3 is 2.14 bits per heavy atom. The van der Waals surface area contributed by atoms with Crippen LogP contribution in [0.3, 0.4) is 0 Å². The van der Waals surface area contributed by atoms with Crippen molar-refractivity contribution in [3.63, 3.8) is 0 Å². The Morgan fingerprint density at radius 2 is 2.14 bits per heavy atom. The molecule has 0 rings (SSSR count). The van der Waals surface area contributed by atoms with Crippen molar-refractivity contribution in [2.45, 2.75) is 19.8 Å². The van der Waals surface area contributed by atoms with Crippen LogP contribution < -0.4 is 5.11 Å². The molecule has 0 aliphatic carbocycles. The molecule has 36 valence electrons. The normalized spacial score (nSPS) is 7.00. The number of hydrogen-bond donors (Lipinski definition) is 0. The van der Waals surface area contributed by atoms with Gasteiger partial charge in [-0.3, -0.25) is 0 Å². The Labute approximate surface area is 57.8 Å². The standard InChI is InChI=1S/C4H8O2.Ti/c1-2-3-4(5)6;/h2-3H2,1H3,(H,5,6);/q;+4/p-1. The van der Waals surface area contributed by atoms with Crippen LogP contribution in [-0.2, 0) is 26.5 Å². The smallest absolute Gasteiger partial charge is 0.550 e. The van der Waals surface area contributed by atoms with Gasteiger partial charge in [0.1, 0.15) is 0 Å². The molecule has 0 N–H and O–H groups in total. The van der Waals surface area contributed by atoms with E-state index in [1.54, 1.807) is 6.92 Å². The van der Waals surface area contributed by atoms with Gasteiger partial charge >= 0.3 is 21.7 Å². The van der Waals surface area contributed by atoms with Crippen LogP contribution in [0.1, 0.15) is 19.8 Å². The summed E-state index contributed by atoms with van der Waals surface area (Å²) < 4.78 is 0. The predicted octanol–water partition coefficient (Wildman–Crippen LogP) is -0.466. The molecule has 0 unspecified atom stereocenters. The number of aliphatic carboxylic acids is 1. The van der Waals surface area contributed by atoms with E-state index in [-0.39, 0.29) is 28.1 Å². The Morgan fingerprint density at radius 1 is 1.71 bits per heavy atom. The summed E-state index contributed by atoms with van der Waals surface area (Å²) in [5, 5.41) is 9.49. The molecule has 0 heterocycles. The third-order valence-electron chi connectivity index (χ3n) is 0.454. The molecular weight excluding hydrogens is 128 g/mol. The van der Waals surface area contributed by atoms with E-state index in [0.717, 1.165) is 0 Å². The molecule has 0 amide bonds. The van der Waals surface area contributed by atoms with Gasteiger partial charge in [0, 0.05) is 5.97 Å². The van der Waals surface area contributed by atoms with Crippen LogP contribution in [0.25, 0.3) is 0 Å². The van der Waals surface area contributed by atoms with Crippen molar-refractivity contribution >= 4 is 5.97 Å². The third kappa shape index (κ3) is 10.7. The van der Waals surface area contributed by atoms with Crippen LogP contribution in [0.4, 0.5) is 0 Å². The molecule has 3 heteroatoms. The fraction of sp³-hybridized carbons (Fsp3) is 0.750. The molecule has 0 aromatic rings. The maximum atomic E-state index is 9.49. The summed E-state index contributed by atoms with van der Waals surface area (Å²) in [5.74, 6) is -0.961. The molecule has 0 atom stereocenters. The number of hydrogen-bond acceptors (Lipinski definition) is 2. The number of rotatable bonds is 2. The SMILES string of the molecule is CCCC(=O)[O-].[Ti+4]. The first-order chi connectivity index (χ1) is 2.77. The van der Waals surface area contributed by atoms with E-state index in [4.69, 9.17) is 0 Å². The van der Waals surface area contributed by atoms with Crippen LogP contribution in [0.15, 0.2) is 0 Å². The van der Waals surface area contributed by atoms with E-state index >= 15 is 0 Å². The molecule has 0 fully saturated rings. The van der Waals surface area contributed by atoms with Gasteiger partial charge in [0.2, 0.25) is 0 Å². The average Bonchev–Trinajstić information content (AvgIpc) is 1.35. The van der Waals surface area contributed by atoms with Gasteiger partial charge in [0.25, 0.3) is 0 Å². The van der Waals surface area contributed by atoms with Crippen molar-refractivity contribution in [2.75, 3.05) is 0 Å². The summed E-state index contributed by atoms with van der Waals surface area (Å²) in [6.45, 7) is 1.80. The van der Waals surface area contributed by atoms with Gasteiger partial charge in [-0.25, -0.2) is 0 Å². The van der Waals surface area contributed by atoms with E-state index < -0.39 is 5.97 Å². The fourth-order valence-electron chi connectivity index (χ4n) is 0.204. The Balaban J connectivity index is 0. The zero-order valence-corrected chi connectivity index (χ0v) is 5.79. The minimum atomic E-state index is -0.961. The molecule has 0 aromatic heterocycles. The Hall–Kier alpha value is 0.184. The topological polar surface area (TPSA) is 40.1 Å². The third-order valence-corrected chi connectivity index (χ3v) is 0.454. The van der Waals surface area contributed by atoms with Crippen LogP contribution in [0.2, 0.25) is 0 Å². The average molecular weight is 135 g/mol. The molecule has 2 nitrogen and oxygen atoms in total. The van der Waals surface area contributed by atoms with Crippen molar-refractivity contribution in [3.8, 4) is 0 Å². The van der Waals surface area contributed by atoms with E-state index in [9.17, 15) is 9.90 Å². The van der Waals surface area contributed by atoms with E-state index in [1.165, 1.54) is 0 Å². The van der Waals surface area contributed by atoms with E-state index in [2.05, 4.69) is 0 Å². The summed E-state index contributed by atoms with van der Waals surface area (Å²) >= 11 is 0. The van der Waals surface area contributed by atoms with Gasteiger partial charge in [-0.15, -0.1) is 0 Å². The zero-order valence-electron chi connectivity index (χ0n) is 4.23. The van der Waals surface area contributed by atoms with Gasteiger partial charge in [-0.05, 0) is 6.42 Å². The monoisotopic (exact) mass is 135 g/mol. The molecule has 0 saturated heterocycles. The fourth-order valence-corrected chi connectivity index (χ4v) is 0.204. The first kappa shape index (κ1) is 10.2. The molecule has 0 spiro atoms. The molecule has 0 radical (unpaired) electrons. The molecule has 0 saturated carbocycles. The molecule has 0 aromatic carbocycles. The van der Waals surface area contributed by atoms with Crippen molar-refractivity contribution in [1.29, 1.82) is 0 Å². The molecule has 0 aliphatic rings. The van der Waals surface area contributed by atoms with Gasteiger partial charge in [-0.2, -0.15) is 0 Å². The number of carboxylic acid groups (broad SMARTS) is 1. The van der Waals surface area contributed by atoms with Gasteiger partial charge < -0.3 is 9.90 Å². The Kier molecular flexibility index (Phi) is 9.03. The first-order valence-electron chi connectivity index (χ1n) is 1.97. The summed E-state index contributed by atoms with van der Waals surface area (Å²) in [6.07, 6.45) is 0.850. The van der Waals surface area contributed by atoms with E-state index in [0.29, 0.717) is 6.42 Å². The van der Waals surface area contributed by atoms with Crippen LogP contribution in [-0.4, -0.2) is 5.97 Å². The van der Waals surface area contributed by atoms with E-state index in [1.807, 2.05) is 0 Å². The van der Waals surface area contributed by atoms with Crippen molar-refractivity contribution in [2.24, 2.45) is 0 Å². The summed E-state index contributed by atoms with van der Waals surface area (Å²) in [5.41, 5.74) is 0. The van der Waals surface area contributed by atoms with Crippen molar-refractivity contribution in [3.05, 3.63) is 0 Å². The molecule has 0 aliphatic heterocycles. The van der Waals surface area contributed by atoms with Crippen LogP contribution in [0, 0.1) is 0 Å². The largest absolute Gasteiger partial charge is 4.00 e. The zero-order chi connectivity index (χ0) is 4.99. The number of carbonyl (C=O) groups excluding carboxylic acids is 1. The number of carbonyl (C=O) groups is 1. The first-order valence-corrected chi connectivity index (χ1v) is 1.97. The maximum Gasteiger partial charge on any atom is 4.00 e. The second kappa shape index (κ2) is 6.18. The second-order valence-corrected chi connectivity index (χ2v) is 1.12. The molecule has 0 bridgehead atoms. The maximum absolute atomic E-state index is 9.49. The minimum absolute atomic E-state index is 0. The summed E-state index contributed by atoms with van der Waals surface area (Å²) in [4.78, 5) is 9.49. The summed E-state index contributed by atoms with van der Waals surface area (Å²) in [6, 6.07) is 0. The van der Waals surface area contributed by atoms with Crippen LogP contribution >= 0.6 is 0 Å². The quantitative estimate of drug-likeness (QED) is 0.480. The van der Waals surface area contributed by atoms with Crippen molar-refractivity contribution < 1.29 is 31.6 Å². The van der Waals surface area contributed by atoms with Crippen molar-refractivity contribution in [1.82, 2.24) is 0 Å². The Bertz CT molecular complexity index is 53.7. The van der Waals surface area contributed by atoms with Crippen LogP contribution in [0.5, 0.6) is 0 Å². The minimum Gasteiger partial charge on any atom is -0.550 e. The van der Waals surface area contributed by atoms with Gasteiger partial charge in [0.05, 0.1) is 0 Å². The predicted molar refractivity (Wildman–Crippen MR) is 19.9 cm³/mol. The van der Waals surface area contributed by atoms with Gasteiger partial charge in [-0.1, -0.05) is 13.3 Å². The van der Waals surface area contributed by atoms with Gasteiger partial charge in [0.15, 0.2) is 0 Å². The molecular formula is C4H7O2Ti+3. The summed E-state index contributed by atoms with van der Waals surface area (Å²) in [7, 11) is 0.